The molecule has 4 heteroatoms. The highest BCUT2D eigenvalue weighted by Crippen LogP contribution is 2.31. The van der Waals surface area contributed by atoms with E-state index in [0.29, 0.717) is 11.7 Å². The van der Waals surface area contributed by atoms with Gasteiger partial charge in [-0.3, -0.25) is 0 Å². The second kappa shape index (κ2) is 6.22. The molecular weight excluding hydrogens is 238 g/mol. The largest absolute Gasteiger partial charge is 0.474 e. The molecule has 0 spiro atoms. The van der Waals surface area contributed by atoms with Crippen LogP contribution in [0.2, 0.25) is 0 Å². The number of rotatable bonds is 4. The maximum Gasteiger partial charge on any atom is 0.218 e. The highest BCUT2D eigenvalue weighted by Gasteiger charge is 2.25. The lowest BCUT2D eigenvalue weighted by Crippen LogP contribution is -2.29. The van der Waals surface area contributed by atoms with Gasteiger partial charge >= 0.3 is 0 Å². The summed E-state index contributed by atoms with van der Waals surface area (Å²) in [5.74, 6) is 3.38. The SMILES string of the molecule is CCCc1nc(N)cc(OC2CC(C)CC(C)C2)n1. The number of ether oxygens (including phenoxy) is 1. The number of hydrogen-bond donors (Lipinski definition) is 1. The van der Waals surface area contributed by atoms with Crippen LogP contribution in [-0.4, -0.2) is 16.1 Å². The van der Waals surface area contributed by atoms with E-state index in [2.05, 4.69) is 30.7 Å². The molecule has 1 aliphatic carbocycles. The van der Waals surface area contributed by atoms with Crippen molar-refractivity contribution in [3.05, 3.63) is 11.9 Å². The van der Waals surface area contributed by atoms with Crippen LogP contribution in [0.1, 0.15) is 52.3 Å². The van der Waals surface area contributed by atoms with Crippen LogP contribution in [0, 0.1) is 11.8 Å². The monoisotopic (exact) mass is 263 g/mol. The first-order valence-electron chi connectivity index (χ1n) is 7.37. The van der Waals surface area contributed by atoms with Crippen LogP contribution in [0.15, 0.2) is 6.07 Å². The van der Waals surface area contributed by atoms with Gasteiger partial charge in [0.05, 0.1) is 0 Å². The summed E-state index contributed by atoms with van der Waals surface area (Å²) in [5, 5.41) is 0. The molecular formula is C15H25N3O. The molecule has 2 atom stereocenters. The Hall–Kier alpha value is -1.32. The third-order valence-electron chi connectivity index (χ3n) is 3.67. The van der Waals surface area contributed by atoms with Gasteiger partial charge in [-0.1, -0.05) is 20.8 Å². The van der Waals surface area contributed by atoms with Crippen molar-refractivity contribution in [3.63, 3.8) is 0 Å². The van der Waals surface area contributed by atoms with Crippen LogP contribution in [-0.2, 0) is 6.42 Å². The molecule has 1 saturated carbocycles. The second-order valence-electron chi connectivity index (χ2n) is 5.95. The summed E-state index contributed by atoms with van der Waals surface area (Å²) in [6.45, 7) is 6.70. The van der Waals surface area contributed by atoms with Crippen LogP contribution in [0.3, 0.4) is 0 Å². The van der Waals surface area contributed by atoms with Gasteiger partial charge in [0.25, 0.3) is 0 Å². The Morgan fingerprint density at radius 3 is 2.53 bits per heavy atom. The van der Waals surface area contributed by atoms with Crippen molar-refractivity contribution in [2.75, 3.05) is 5.73 Å². The number of anilines is 1. The minimum Gasteiger partial charge on any atom is -0.474 e. The van der Waals surface area contributed by atoms with E-state index in [0.717, 1.165) is 43.3 Å². The predicted octanol–water partition coefficient (Wildman–Crippen LogP) is 3.21. The smallest absolute Gasteiger partial charge is 0.218 e. The van der Waals surface area contributed by atoms with E-state index in [1.807, 2.05) is 0 Å². The molecule has 0 amide bonds. The topological polar surface area (TPSA) is 61.0 Å². The van der Waals surface area contributed by atoms with Gasteiger partial charge < -0.3 is 10.5 Å². The van der Waals surface area contributed by atoms with E-state index in [1.54, 1.807) is 6.07 Å². The molecule has 19 heavy (non-hydrogen) atoms. The molecule has 0 saturated heterocycles. The molecule has 0 aromatic carbocycles. The van der Waals surface area contributed by atoms with Crippen molar-refractivity contribution < 1.29 is 4.74 Å². The summed E-state index contributed by atoms with van der Waals surface area (Å²) in [6.07, 6.45) is 5.64. The lowest BCUT2D eigenvalue weighted by atomic mass is 9.82. The Bertz CT molecular complexity index is 412. The number of aromatic nitrogens is 2. The first-order chi connectivity index (χ1) is 9.06. The molecule has 1 fully saturated rings. The van der Waals surface area contributed by atoms with E-state index in [9.17, 15) is 0 Å². The Morgan fingerprint density at radius 1 is 1.21 bits per heavy atom. The van der Waals surface area contributed by atoms with Gasteiger partial charge in [0, 0.05) is 12.5 Å². The van der Waals surface area contributed by atoms with Gasteiger partial charge in [-0.2, -0.15) is 4.98 Å². The van der Waals surface area contributed by atoms with E-state index >= 15 is 0 Å². The third-order valence-corrected chi connectivity index (χ3v) is 3.67. The number of nitrogens with zero attached hydrogens (tertiary/aromatic N) is 2. The summed E-state index contributed by atoms with van der Waals surface area (Å²) < 4.78 is 6.03. The van der Waals surface area contributed by atoms with Crippen molar-refractivity contribution >= 4 is 5.82 Å². The fourth-order valence-electron chi connectivity index (χ4n) is 3.03. The summed E-state index contributed by atoms with van der Waals surface area (Å²) in [6, 6.07) is 1.74. The molecule has 0 aliphatic heterocycles. The van der Waals surface area contributed by atoms with Crippen molar-refractivity contribution in [2.24, 2.45) is 11.8 Å². The molecule has 2 rings (SSSR count). The van der Waals surface area contributed by atoms with Crippen molar-refractivity contribution in [1.82, 2.24) is 9.97 Å². The van der Waals surface area contributed by atoms with Gasteiger partial charge in [-0.05, 0) is 37.5 Å². The lowest BCUT2D eigenvalue weighted by Gasteiger charge is -2.31. The highest BCUT2D eigenvalue weighted by atomic mass is 16.5. The van der Waals surface area contributed by atoms with Crippen molar-refractivity contribution in [2.45, 2.75) is 59.0 Å². The lowest BCUT2D eigenvalue weighted by molar-refractivity contribution is 0.0964. The van der Waals surface area contributed by atoms with E-state index in [1.165, 1.54) is 6.42 Å². The molecule has 106 valence electrons. The summed E-state index contributed by atoms with van der Waals surface area (Å²) in [5.41, 5.74) is 5.82. The van der Waals surface area contributed by atoms with E-state index in [4.69, 9.17) is 10.5 Å². The van der Waals surface area contributed by atoms with Crippen molar-refractivity contribution in [1.29, 1.82) is 0 Å². The Balaban J connectivity index is 2.05. The predicted molar refractivity (Wildman–Crippen MR) is 77.0 cm³/mol. The first kappa shape index (κ1) is 14.1. The van der Waals surface area contributed by atoms with Crippen LogP contribution in [0.5, 0.6) is 5.88 Å². The Labute approximate surface area is 115 Å². The number of aryl methyl sites for hydroxylation is 1. The molecule has 1 aromatic rings. The number of nitrogen functional groups attached to an aromatic ring is 1. The number of nitrogens with two attached hydrogens (primary N) is 1. The van der Waals surface area contributed by atoms with Crippen LogP contribution >= 0.6 is 0 Å². The van der Waals surface area contributed by atoms with Crippen LogP contribution in [0.4, 0.5) is 5.82 Å². The minimum atomic E-state index is 0.266. The fraction of sp³-hybridized carbons (Fsp3) is 0.733. The average molecular weight is 263 g/mol. The Morgan fingerprint density at radius 2 is 1.89 bits per heavy atom. The molecule has 0 radical (unpaired) electrons. The molecule has 0 bridgehead atoms. The van der Waals surface area contributed by atoms with Crippen LogP contribution in [0.25, 0.3) is 0 Å². The summed E-state index contributed by atoms with van der Waals surface area (Å²) in [4.78, 5) is 8.69. The fourth-order valence-corrected chi connectivity index (χ4v) is 3.03. The minimum absolute atomic E-state index is 0.266. The zero-order valence-electron chi connectivity index (χ0n) is 12.2. The van der Waals surface area contributed by atoms with Gasteiger partial charge in [-0.25, -0.2) is 4.98 Å². The van der Waals surface area contributed by atoms with Gasteiger partial charge in [-0.15, -0.1) is 0 Å². The number of hydrogen-bond acceptors (Lipinski definition) is 4. The summed E-state index contributed by atoms with van der Waals surface area (Å²) in [7, 11) is 0. The van der Waals surface area contributed by atoms with Gasteiger partial charge in [0.1, 0.15) is 17.7 Å². The zero-order valence-corrected chi connectivity index (χ0v) is 12.2. The highest BCUT2D eigenvalue weighted by molar-refractivity contribution is 5.33. The zero-order chi connectivity index (χ0) is 13.8. The third kappa shape index (κ3) is 4.08. The average Bonchev–Trinajstić information content (AvgIpc) is 2.26. The molecule has 1 aliphatic rings. The quantitative estimate of drug-likeness (QED) is 0.906. The molecule has 1 aromatic heterocycles. The summed E-state index contributed by atoms with van der Waals surface area (Å²) >= 11 is 0. The van der Waals surface area contributed by atoms with E-state index in [-0.39, 0.29) is 6.10 Å². The second-order valence-corrected chi connectivity index (χ2v) is 5.95. The molecule has 2 unspecified atom stereocenters. The van der Waals surface area contributed by atoms with E-state index < -0.39 is 0 Å². The molecule has 4 nitrogen and oxygen atoms in total. The first-order valence-corrected chi connectivity index (χ1v) is 7.37. The van der Waals surface area contributed by atoms with Crippen molar-refractivity contribution in [3.8, 4) is 5.88 Å². The maximum atomic E-state index is 6.03. The normalized spacial score (nSPS) is 27.2. The van der Waals surface area contributed by atoms with Gasteiger partial charge in [0.2, 0.25) is 5.88 Å². The molecule has 2 N–H and O–H groups in total. The molecule has 1 heterocycles. The Kier molecular flexibility index (Phi) is 4.61. The van der Waals surface area contributed by atoms with Crippen LogP contribution < -0.4 is 10.5 Å². The maximum absolute atomic E-state index is 6.03. The standard InChI is InChI=1S/C15H25N3O/c1-4-5-14-17-13(16)9-15(18-14)19-12-7-10(2)6-11(3)8-12/h9-12H,4-8H2,1-3H3,(H2,16,17,18). The van der Waals surface area contributed by atoms with Gasteiger partial charge in [0.15, 0.2) is 0 Å².